The third-order valence-corrected chi connectivity index (χ3v) is 1.63. The van der Waals surface area contributed by atoms with Gasteiger partial charge in [0.1, 0.15) is 0 Å². The average molecular weight is 205 g/mol. The fourth-order valence-corrected chi connectivity index (χ4v) is 0.902. The number of carbonyl (C=O) groups is 1. The van der Waals surface area contributed by atoms with Crippen LogP contribution in [0.1, 0.15) is 10.4 Å². The molecule has 0 aliphatic carbocycles. The molecule has 4 heteroatoms. The normalized spacial score (nSPS) is 8.77. The maximum absolute atomic E-state index is 10.5. The number of nitrogens with zero attached hydrogens (tertiary/aromatic N) is 1. The zero-order chi connectivity index (χ0) is 9.14. The van der Waals surface area contributed by atoms with Gasteiger partial charge in [-0.15, -0.1) is 0 Å². The molecule has 0 atom stereocenters. The predicted molar refractivity (Wildman–Crippen MR) is 54.9 cm³/mol. The Balaban J connectivity index is 0.00000144. The van der Waals surface area contributed by atoms with Gasteiger partial charge in [-0.2, -0.15) is 0 Å². The van der Waals surface area contributed by atoms with E-state index >= 15 is 0 Å². The molecule has 0 bridgehead atoms. The molecule has 0 aliphatic heterocycles. The Morgan fingerprint density at radius 2 is 1.69 bits per heavy atom. The second kappa shape index (κ2) is 5.77. The van der Waals surface area contributed by atoms with Gasteiger partial charge in [0.2, 0.25) is 0 Å². The molecule has 0 amide bonds. The van der Waals surface area contributed by atoms with Crippen molar-refractivity contribution < 1.29 is 9.90 Å². The molecule has 1 N–H and O–H groups in total. The third-order valence-electron chi connectivity index (χ3n) is 1.63. The van der Waals surface area contributed by atoms with Crippen molar-refractivity contribution in [3.8, 4) is 0 Å². The minimum absolute atomic E-state index is 0. The summed E-state index contributed by atoms with van der Waals surface area (Å²) in [7, 11) is 3.82. The van der Waals surface area contributed by atoms with Gasteiger partial charge < -0.3 is 10.0 Å². The fraction of sp³-hybridized carbons (Fsp3) is 0.222. The molecule has 1 rings (SSSR count). The van der Waals surface area contributed by atoms with Gasteiger partial charge in [-0.05, 0) is 24.3 Å². The molecule has 1 aromatic rings. The van der Waals surface area contributed by atoms with Crippen LogP contribution in [0.5, 0.6) is 0 Å². The maximum atomic E-state index is 10.5. The Morgan fingerprint density at radius 1 is 1.23 bits per heavy atom. The van der Waals surface area contributed by atoms with Crippen LogP contribution in [0.4, 0.5) is 5.69 Å². The Kier molecular flexibility index (Phi) is 5.83. The number of carboxylic acids is 1. The summed E-state index contributed by atoms with van der Waals surface area (Å²) in [6.45, 7) is 0. The number of anilines is 1. The number of rotatable bonds is 2. The van der Waals surface area contributed by atoms with Crippen LogP contribution in [0.15, 0.2) is 24.3 Å². The van der Waals surface area contributed by atoms with Crippen molar-refractivity contribution in [1.82, 2.24) is 0 Å². The molecule has 0 fully saturated rings. The molecular weight excluding hydrogens is 193 g/mol. The summed E-state index contributed by atoms with van der Waals surface area (Å²) in [6, 6.07) is 6.75. The molecule has 0 saturated heterocycles. The first-order chi connectivity index (χ1) is 5.61. The van der Waals surface area contributed by atoms with Crippen LogP contribution in [-0.4, -0.2) is 76.6 Å². The third kappa shape index (κ3) is 3.78. The van der Waals surface area contributed by atoms with Crippen molar-refractivity contribution in [1.29, 1.82) is 0 Å². The minimum atomic E-state index is -0.889. The van der Waals surface area contributed by atoms with Crippen LogP contribution >= 0.6 is 0 Å². The first-order valence-corrected chi connectivity index (χ1v) is 3.62. The SMILES string of the molecule is CN(C)c1ccc(C(=O)O)cc1.[KH]. The summed E-state index contributed by atoms with van der Waals surface area (Å²) in [5.41, 5.74) is 1.32. The molecule has 0 aromatic heterocycles. The van der Waals surface area contributed by atoms with Gasteiger partial charge in [0.05, 0.1) is 5.56 Å². The van der Waals surface area contributed by atoms with E-state index in [1.54, 1.807) is 24.3 Å². The Bertz CT molecular complexity index is 282. The Hall–Kier alpha value is 0.126. The van der Waals surface area contributed by atoms with E-state index in [1.165, 1.54) is 0 Å². The van der Waals surface area contributed by atoms with Gasteiger partial charge in [-0.3, -0.25) is 0 Å². The molecule has 0 unspecified atom stereocenters. The van der Waals surface area contributed by atoms with Crippen molar-refractivity contribution in [3.05, 3.63) is 29.8 Å². The molecule has 1 aromatic carbocycles. The summed E-state index contributed by atoms with van der Waals surface area (Å²) in [5, 5.41) is 8.60. The first-order valence-electron chi connectivity index (χ1n) is 3.62. The number of hydrogen-bond acceptors (Lipinski definition) is 2. The molecule has 0 heterocycles. The van der Waals surface area contributed by atoms with E-state index in [-0.39, 0.29) is 51.4 Å². The van der Waals surface area contributed by atoms with Gasteiger partial charge in [-0.1, -0.05) is 0 Å². The predicted octanol–water partition coefficient (Wildman–Crippen LogP) is 0.802. The Labute approximate surface area is 120 Å². The van der Waals surface area contributed by atoms with Gasteiger partial charge in [-0.25, -0.2) is 4.79 Å². The van der Waals surface area contributed by atoms with Gasteiger partial charge in [0.25, 0.3) is 0 Å². The molecular formula is C9H12KNO2. The van der Waals surface area contributed by atoms with Crippen LogP contribution in [-0.2, 0) is 0 Å². The average Bonchev–Trinajstić information content (AvgIpc) is 2.04. The quantitative estimate of drug-likeness (QED) is 0.726. The van der Waals surface area contributed by atoms with E-state index < -0.39 is 5.97 Å². The summed E-state index contributed by atoms with van der Waals surface area (Å²) in [6.07, 6.45) is 0. The number of carboxylic acid groups (broad SMARTS) is 1. The standard InChI is InChI=1S/C9H11NO2.K.H/c1-10(2)8-5-3-7(4-6-8)9(11)12;;/h3-6H,1-2H3,(H,11,12);;. The molecule has 0 saturated carbocycles. The molecule has 66 valence electrons. The molecule has 3 nitrogen and oxygen atoms in total. The van der Waals surface area contributed by atoms with Crippen LogP contribution in [0.2, 0.25) is 0 Å². The van der Waals surface area contributed by atoms with E-state index in [2.05, 4.69) is 0 Å². The number of aromatic carboxylic acids is 1. The molecule has 0 spiro atoms. The molecule has 0 aliphatic rings. The van der Waals surface area contributed by atoms with Crippen molar-refractivity contribution in [2.24, 2.45) is 0 Å². The van der Waals surface area contributed by atoms with Crippen molar-refractivity contribution >= 4 is 63.0 Å². The van der Waals surface area contributed by atoms with Crippen LogP contribution in [0, 0.1) is 0 Å². The monoisotopic (exact) mass is 205 g/mol. The van der Waals surface area contributed by atoms with Gasteiger partial charge >= 0.3 is 57.4 Å². The summed E-state index contributed by atoms with van der Waals surface area (Å²) < 4.78 is 0. The first kappa shape index (κ1) is 13.1. The molecule has 13 heavy (non-hydrogen) atoms. The van der Waals surface area contributed by atoms with Gasteiger partial charge in [0.15, 0.2) is 0 Å². The second-order valence-corrected chi connectivity index (χ2v) is 2.75. The van der Waals surface area contributed by atoms with E-state index in [4.69, 9.17) is 5.11 Å². The van der Waals surface area contributed by atoms with Crippen molar-refractivity contribution in [2.75, 3.05) is 19.0 Å². The molecule has 0 radical (unpaired) electrons. The summed E-state index contributed by atoms with van der Waals surface area (Å²) >= 11 is 0. The van der Waals surface area contributed by atoms with E-state index in [0.29, 0.717) is 5.56 Å². The van der Waals surface area contributed by atoms with E-state index in [9.17, 15) is 4.79 Å². The van der Waals surface area contributed by atoms with Crippen molar-refractivity contribution in [3.63, 3.8) is 0 Å². The fourth-order valence-electron chi connectivity index (χ4n) is 0.902. The topological polar surface area (TPSA) is 40.5 Å². The zero-order valence-corrected chi connectivity index (χ0v) is 7.11. The number of hydrogen-bond donors (Lipinski definition) is 1. The summed E-state index contributed by atoms with van der Waals surface area (Å²) in [5.74, 6) is -0.889. The van der Waals surface area contributed by atoms with Crippen LogP contribution < -0.4 is 4.90 Å². The van der Waals surface area contributed by atoms with E-state index in [1.807, 2.05) is 19.0 Å². The number of benzene rings is 1. The Morgan fingerprint density at radius 3 is 2.00 bits per heavy atom. The summed E-state index contributed by atoms with van der Waals surface area (Å²) in [4.78, 5) is 12.4. The zero-order valence-electron chi connectivity index (χ0n) is 7.11. The van der Waals surface area contributed by atoms with Gasteiger partial charge in [0, 0.05) is 19.8 Å². The van der Waals surface area contributed by atoms with Crippen LogP contribution in [0.25, 0.3) is 0 Å². The van der Waals surface area contributed by atoms with Crippen molar-refractivity contribution in [2.45, 2.75) is 0 Å². The van der Waals surface area contributed by atoms with E-state index in [0.717, 1.165) is 5.69 Å². The van der Waals surface area contributed by atoms with Crippen LogP contribution in [0.3, 0.4) is 0 Å². The second-order valence-electron chi connectivity index (χ2n) is 2.75.